The van der Waals surface area contributed by atoms with Crippen LogP contribution in [0.5, 0.6) is 11.5 Å². The lowest BCUT2D eigenvalue weighted by atomic mass is 9.97. The smallest absolute Gasteiger partial charge is 0.251 e. The molecule has 2 aromatic rings. The van der Waals surface area contributed by atoms with Crippen LogP contribution in [0.25, 0.3) is 0 Å². The molecule has 1 aliphatic rings. The van der Waals surface area contributed by atoms with Gasteiger partial charge in [0.1, 0.15) is 11.5 Å². The van der Waals surface area contributed by atoms with E-state index >= 15 is 0 Å². The van der Waals surface area contributed by atoms with E-state index < -0.39 is 0 Å². The van der Waals surface area contributed by atoms with E-state index in [0.717, 1.165) is 32.5 Å². The molecule has 1 aromatic carbocycles. The molecular weight excluding hydrogens is 368 g/mol. The normalized spacial score (nSPS) is 17.3. The number of likely N-dealkylation sites (tertiary alicyclic amines) is 1. The Hall–Kier alpha value is -2.54. The number of aromatic nitrogens is 2. The lowest BCUT2D eigenvalue weighted by Crippen LogP contribution is -2.40. The summed E-state index contributed by atoms with van der Waals surface area (Å²) in [6.07, 6.45) is 6.36. The predicted octanol–water partition coefficient (Wildman–Crippen LogP) is 3.12. The van der Waals surface area contributed by atoms with Crippen molar-refractivity contribution in [3.63, 3.8) is 0 Å². The quantitative estimate of drug-likeness (QED) is 0.737. The number of hydrogen-bond acceptors (Lipinski definition) is 5. The highest BCUT2D eigenvalue weighted by Crippen LogP contribution is 2.23. The Bertz CT molecular complexity index is 796. The predicted molar refractivity (Wildman–Crippen MR) is 112 cm³/mol. The zero-order valence-electron chi connectivity index (χ0n) is 17.9. The minimum absolute atomic E-state index is 0.0995. The maximum atomic E-state index is 12.6. The molecule has 2 heterocycles. The SMILES string of the molecule is COc1cc(OC)cc(C(=O)NC[C@H]2CCCN(Cc3cnn(C(C)C)c3)C2)c1. The van der Waals surface area contributed by atoms with Crippen LogP contribution in [0.1, 0.15) is 48.7 Å². The van der Waals surface area contributed by atoms with Gasteiger partial charge in [-0.25, -0.2) is 0 Å². The van der Waals surface area contributed by atoms with Gasteiger partial charge in [-0.3, -0.25) is 14.4 Å². The summed E-state index contributed by atoms with van der Waals surface area (Å²) >= 11 is 0. The van der Waals surface area contributed by atoms with Crippen LogP contribution in [0.2, 0.25) is 0 Å². The molecule has 1 N–H and O–H groups in total. The minimum atomic E-state index is -0.0995. The molecule has 0 saturated carbocycles. The Labute approximate surface area is 173 Å². The van der Waals surface area contributed by atoms with Crippen molar-refractivity contribution in [2.24, 2.45) is 5.92 Å². The fourth-order valence-corrected chi connectivity index (χ4v) is 3.74. The zero-order valence-corrected chi connectivity index (χ0v) is 17.9. The van der Waals surface area contributed by atoms with Gasteiger partial charge >= 0.3 is 0 Å². The van der Waals surface area contributed by atoms with Gasteiger partial charge in [-0.05, 0) is 51.3 Å². The Morgan fingerprint density at radius 3 is 2.59 bits per heavy atom. The molecule has 158 valence electrons. The summed E-state index contributed by atoms with van der Waals surface area (Å²) in [5, 5.41) is 7.52. The Morgan fingerprint density at radius 2 is 1.97 bits per heavy atom. The third-order valence-corrected chi connectivity index (χ3v) is 5.36. The molecule has 0 aliphatic carbocycles. The molecule has 3 rings (SSSR count). The first-order valence-electron chi connectivity index (χ1n) is 10.2. The van der Waals surface area contributed by atoms with Crippen LogP contribution < -0.4 is 14.8 Å². The summed E-state index contributed by atoms with van der Waals surface area (Å²) in [6.45, 7) is 7.91. The number of rotatable bonds is 8. The first-order valence-corrected chi connectivity index (χ1v) is 10.2. The maximum absolute atomic E-state index is 12.6. The topological polar surface area (TPSA) is 68.6 Å². The fourth-order valence-electron chi connectivity index (χ4n) is 3.74. The van der Waals surface area contributed by atoms with Crippen LogP contribution in [0, 0.1) is 5.92 Å². The second-order valence-electron chi connectivity index (χ2n) is 7.98. The number of piperidine rings is 1. The van der Waals surface area contributed by atoms with E-state index in [1.165, 1.54) is 5.56 Å². The number of nitrogens with zero attached hydrogens (tertiary/aromatic N) is 3. The Morgan fingerprint density at radius 1 is 1.24 bits per heavy atom. The molecule has 0 radical (unpaired) electrons. The van der Waals surface area contributed by atoms with Crippen molar-refractivity contribution in [1.29, 1.82) is 0 Å². The number of nitrogens with one attached hydrogen (secondary N) is 1. The molecule has 0 unspecified atom stereocenters. The number of carbonyl (C=O) groups is 1. The monoisotopic (exact) mass is 400 g/mol. The second-order valence-corrected chi connectivity index (χ2v) is 7.98. The lowest BCUT2D eigenvalue weighted by Gasteiger charge is -2.32. The van der Waals surface area contributed by atoms with Crippen molar-refractivity contribution in [2.75, 3.05) is 33.9 Å². The molecule has 1 atom stereocenters. The van der Waals surface area contributed by atoms with Gasteiger partial charge in [0.05, 0.1) is 20.4 Å². The third kappa shape index (κ3) is 5.73. The number of carbonyl (C=O) groups excluding carboxylic acids is 1. The van der Waals surface area contributed by atoms with Gasteiger partial charge < -0.3 is 14.8 Å². The van der Waals surface area contributed by atoms with Gasteiger partial charge in [-0.1, -0.05) is 0 Å². The minimum Gasteiger partial charge on any atom is -0.497 e. The van der Waals surface area contributed by atoms with Gasteiger partial charge in [0.15, 0.2) is 0 Å². The molecule has 0 spiro atoms. The second kappa shape index (κ2) is 9.78. The molecule has 0 bridgehead atoms. The van der Waals surface area contributed by atoms with E-state index in [0.29, 0.717) is 35.6 Å². The summed E-state index contributed by atoms with van der Waals surface area (Å²) < 4.78 is 12.5. The number of methoxy groups -OCH3 is 2. The van der Waals surface area contributed by atoms with E-state index in [1.54, 1.807) is 32.4 Å². The van der Waals surface area contributed by atoms with Gasteiger partial charge in [-0.2, -0.15) is 5.10 Å². The van der Waals surface area contributed by atoms with Crippen molar-refractivity contribution < 1.29 is 14.3 Å². The molecule has 29 heavy (non-hydrogen) atoms. The van der Waals surface area contributed by atoms with E-state index in [9.17, 15) is 4.79 Å². The third-order valence-electron chi connectivity index (χ3n) is 5.36. The Kier molecular flexibility index (Phi) is 7.14. The van der Waals surface area contributed by atoms with Crippen LogP contribution >= 0.6 is 0 Å². The first kappa shape index (κ1) is 21.2. The van der Waals surface area contributed by atoms with Crippen LogP contribution in [0.3, 0.4) is 0 Å². The van der Waals surface area contributed by atoms with E-state index in [2.05, 4.69) is 35.4 Å². The van der Waals surface area contributed by atoms with Crippen LogP contribution in [-0.4, -0.2) is 54.4 Å². The summed E-state index contributed by atoms with van der Waals surface area (Å²) in [7, 11) is 3.16. The highest BCUT2D eigenvalue weighted by atomic mass is 16.5. The highest BCUT2D eigenvalue weighted by molar-refractivity contribution is 5.95. The van der Waals surface area contributed by atoms with E-state index in [4.69, 9.17) is 9.47 Å². The van der Waals surface area contributed by atoms with Crippen LogP contribution in [-0.2, 0) is 6.54 Å². The summed E-state index contributed by atoms with van der Waals surface area (Å²) in [5.74, 6) is 1.57. The lowest BCUT2D eigenvalue weighted by molar-refractivity contribution is 0.0930. The number of amides is 1. The molecule has 7 heteroatoms. The van der Waals surface area contributed by atoms with Crippen molar-refractivity contribution in [3.8, 4) is 11.5 Å². The van der Waals surface area contributed by atoms with Gasteiger partial charge in [0.2, 0.25) is 0 Å². The summed E-state index contributed by atoms with van der Waals surface area (Å²) in [6, 6.07) is 5.61. The molecule has 1 aliphatic heterocycles. The van der Waals surface area contributed by atoms with Crippen molar-refractivity contribution >= 4 is 5.91 Å². The van der Waals surface area contributed by atoms with Crippen molar-refractivity contribution in [3.05, 3.63) is 41.7 Å². The number of hydrogen-bond donors (Lipinski definition) is 1. The standard InChI is InChI=1S/C22H32N4O3/c1-16(2)26-15-18(12-24-26)14-25-7-5-6-17(13-25)11-23-22(27)19-8-20(28-3)10-21(9-19)29-4/h8-10,12,15-17H,5-7,11,13-14H2,1-4H3,(H,23,27)/t17-/m1/s1. The molecule has 1 aromatic heterocycles. The van der Waals surface area contributed by atoms with Crippen molar-refractivity contribution in [1.82, 2.24) is 20.0 Å². The maximum Gasteiger partial charge on any atom is 0.251 e. The summed E-state index contributed by atoms with van der Waals surface area (Å²) in [4.78, 5) is 15.1. The highest BCUT2D eigenvalue weighted by Gasteiger charge is 2.21. The van der Waals surface area contributed by atoms with E-state index in [1.807, 2.05) is 10.9 Å². The molecule has 7 nitrogen and oxygen atoms in total. The van der Waals surface area contributed by atoms with Crippen LogP contribution in [0.4, 0.5) is 0 Å². The molecule has 1 fully saturated rings. The Balaban J connectivity index is 1.53. The largest absolute Gasteiger partial charge is 0.497 e. The molecular formula is C22H32N4O3. The first-order chi connectivity index (χ1) is 14.0. The number of benzene rings is 1. The van der Waals surface area contributed by atoms with Gasteiger partial charge in [0.25, 0.3) is 5.91 Å². The number of ether oxygens (including phenoxy) is 2. The fraction of sp³-hybridized carbons (Fsp3) is 0.545. The average Bonchev–Trinajstić information content (AvgIpc) is 3.20. The van der Waals surface area contributed by atoms with Crippen LogP contribution in [0.15, 0.2) is 30.6 Å². The molecule has 1 saturated heterocycles. The van der Waals surface area contributed by atoms with Gasteiger partial charge in [0, 0.05) is 49.1 Å². The molecule has 1 amide bonds. The average molecular weight is 401 g/mol. The van der Waals surface area contributed by atoms with E-state index in [-0.39, 0.29) is 5.91 Å². The van der Waals surface area contributed by atoms with Gasteiger partial charge in [-0.15, -0.1) is 0 Å². The summed E-state index contributed by atoms with van der Waals surface area (Å²) in [5.41, 5.74) is 1.79. The zero-order chi connectivity index (χ0) is 20.8. The van der Waals surface area contributed by atoms with Crippen molar-refractivity contribution in [2.45, 2.75) is 39.3 Å².